The van der Waals surface area contributed by atoms with E-state index in [1.807, 2.05) is 32.0 Å². The first kappa shape index (κ1) is 15.0. The van der Waals surface area contributed by atoms with Gasteiger partial charge in [0.15, 0.2) is 0 Å². The molecule has 0 radical (unpaired) electrons. The van der Waals surface area contributed by atoms with Crippen molar-refractivity contribution in [3.63, 3.8) is 0 Å². The van der Waals surface area contributed by atoms with Gasteiger partial charge in [0.25, 0.3) is 0 Å². The van der Waals surface area contributed by atoms with E-state index in [1.165, 1.54) is 0 Å². The van der Waals surface area contributed by atoms with E-state index in [1.54, 1.807) is 4.90 Å². The molecule has 1 fully saturated rings. The van der Waals surface area contributed by atoms with Crippen molar-refractivity contribution in [2.24, 2.45) is 11.8 Å². The molecule has 0 bridgehead atoms. The topological polar surface area (TPSA) is 57.6 Å². The lowest BCUT2D eigenvalue weighted by Gasteiger charge is -2.16. The third kappa shape index (κ3) is 3.20. The summed E-state index contributed by atoms with van der Waals surface area (Å²) in [6.07, 6.45) is 0.332. The minimum atomic E-state index is -0.812. The molecule has 0 aromatic heterocycles. The molecule has 1 heterocycles. The molecule has 1 N–H and O–H groups in total. The lowest BCUT2D eigenvalue weighted by molar-refractivity contribution is -0.142. The van der Waals surface area contributed by atoms with Crippen LogP contribution in [0.3, 0.4) is 0 Å². The number of amides is 1. The number of likely N-dealkylation sites (tertiary alicyclic amines) is 1. The Morgan fingerprint density at radius 3 is 2.65 bits per heavy atom. The lowest BCUT2D eigenvalue weighted by atomic mass is 9.99. The summed E-state index contributed by atoms with van der Waals surface area (Å²) in [4.78, 5) is 25.0. The van der Waals surface area contributed by atoms with E-state index in [0.717, 1.165) is 15.6 Å². The Morgan fingerprint density at radius 1 is 1.40 bits per heavy atom. The highest BCUT2D eigenvalue weighted by Gasteiger charge is 2.36. The second-order valence-electron chi connectivity index (χ2n) is 5.47. The molecule has 1 aliphatic rings. The average molecular weight is 340 g/mol. The van der Waals surface area contributed by atoms with Crippen molar-refractivity contribution >= 4 is 27.8 Å². The smallest absolute Gasteiger partial charge is 0.308 e. The highest BCUT2D eigenvalue weighted by atomic mass is 79.9. The maximum absolute atomic E-state index is 12.3. The Kier molecular flexibility index (Phi) is 4.48. The number of carbonyl (C=O) groups excluding carboxylic acids is 1. The fourth-order valence-electron chi connectivity index (χ4n) is 2.62. The van der Waals surface area contributed by atoms with E-state index in [0.29, 0.717) is 19.5 Å². The molecule has 0 unspecified atom stereocenters. The van der Waals surface area contributed by atoms with E-state index in [-0.39, 0.29) is 11.8 Å². The highest BCUT2D eigenvalue weighted by Crippen LogP contribution is 2.24. The molecular formula is C15H18BrNO3. The predicted molar refractivity (Wildman–Crippen MR) is 79.5 cm³/mol. The summed E-state index contributed by atoms with van der Waals surface area (Å²) < 4.78 is 0.993. The second kappa shape index (κ2) is 5.95. The molecular weight excluding hydrogens is 322 g/mol. The second-order valence-corrected chi connectivity index (χ2v) is 6.38. The number of aryl methyl sites for hydroxylation is 1. The summed E-state index contributed by atoms with van der Waals surface area (Å²) >= 11 is 3.40. The van der Waals surface area contributed by atoms with Gasteiger partial charge in [0, 0.05) is 17.6 Å². The van der Waals surface area contributed by atoms with Crippen LogP contribution in [0.1, 0.15) is 18.1 Å². The molecule has 1 aromatic rings. The number of rotatable bonds is 3. The molecule has 5 heteroatoms. The van der Waals surface area contributed by atoms with Gasteiger partial charge in [-0.2, -0.15) is 0 Å². The van der Waals surface area contributed by atoms with Crippen molar-refractivity contribution in [1.82, 2.24) is 4.90 Å². The highest BCUT2D eigenvalue weighted by molar-refractivity contribution is 9.10. The fourth-order valence-corrected chi connectivity index (χ4v) is 3.10. The van der Waals surface area contributed by atoms with Crippen LogP contribution in [0.2, 0.25) is 0 Å². The van der Waals surface area contributed by atoms with Crippen LogP contribution in [0.5, 0.6) is 0 Å². The number of benzene rings is 1. The zero-order chi connectivity index (χ0) is 14.9. The van der Waals surface area contributed by atoms with Gasteiger partial charge in [-0.05, 0) is 36.1 Å². The predicted octanol–water partition coefficient (Wildman–Crippen LogP) is 2.48. The summed E-state index contributed by atoms with van der Waals surface area (Å²) in [5.74, 6) is -1.23. The molecule has 20 heavy (non-hydrogen) atoms. The molecule has 0 aliphatic carbocycles. The summed E-state index contributed by atoms with van der Waals surface area (Å²) in [6, 6.07) is 5.84. The van der Waals surface area contributed by atoms with Crippen LogP contribution >= 0.6 is 15.9 Å². The molecule has 2 atom stereocenters. The Morgan fingerprint density at radius 2 is 2.10 bits per heavy atom. The van der Waals surface area contributed by atoms with Gasteiger partial charge < -0.3 is 10.0 Å². The van der Waals surface area contributed by atoms with Crippen molar-refractivity contribution in [2.75, 3.05) is 13.1 Å². The van der Waals surface area contributed by atoms with Crippen LogP contribution in [0.4, 0.5) is 0 Å². The van der Waals surface area contributed by atoms with Crippen LogP contribution in [-0.4, -0.2) is 35.0 Å². The third-order valence-electron chi connectivity index (χ3n) is 3.93. The van der Waals surface area contributed by atoms with Gasteiger partial charge in [0.05, 0.1) is 12.3 Å². The van der Waals surface area contributed by atoms with Crippen molar-refractivity contribution in [3.8, 4) is 0 Å². The number of aliphatic carboxylic acids is 1. The van der Waals surface area contributed by atoms with E-state index in [2.05, 4.69) is 15.9 Å². The quantitative estimate of drug-likeness (QED) is 0.920. The SMILES string of the molecule is Cc1cc(Br)ccc1CC(=O)N1C[C@@H](C)[C@H](C(=O)O)C1. The van der Waals surface area contributed by atoms with E-state index < -0.39 is 11.9 Å². The molecule has 4 nitrogen and oxygen atoms in total. The Labute approximate surface area is 126 Å². The Hall–Kier alpha value is -1.36. The van der Waals surface area contributed by atoms with Gasteiger partial charge in [0.1, 0.15) is 0 Å². The van der Waals surface area contributed by atoms with Gasteiger partial charge in [-0.3, -0.25) is 9.59 Å². The summed E-state index contributed by atoms with van der Waals surface area (Å²) in [6.45, 7) is 4.72. The first-order chi connectivity index (χ1) is 9.38. The number of carbonyl (C=O) groups is 2. The average Bonchev–Trinajstić information content (AvgIpc) is 2.75. The molecule has 2 rings (SSSR count). The standard InChI is InChI=1S/C15H18BrNO3/c1-9-5-12(16)4-3-11(9)6-14(18)17-7-10(2)13(8-17)15(19)20/h3-5,10,13H,6-8H2,1-2H3,(H,19,20)/t10-,13-/m1/s1. The molecule has 0 saturated carbocycles. The summed E-state index contributed by atoms with van der Waals surface area (Å²) in [7, 11) is 0. The van der Waals surface area contributed by atoms with Crippen LogP contribution in [0, 0.1) is 18.8 Å². The number of hydrogen-bond acceptors (Lipinski definition) is 2. The summed E-state index contributed by atoms with van der Waals surface area (Å²) in [5, 5.41) is 9.10. The first-order valence-electron chi connectivity index (χ1n) is 6.64. The monoisotopic (exact) mass is 339 g/mol. The lowest BCUT2D eigenvalue weighted by Crippen LogP contribution is -2.31. The number of hydrogen-bond donors (Lipinski definition) is 1. The van der Waals surface area contributed by atoms with E-state index in [9.17, 15) is 9.59 Å². The van der Waals surface area contributed by atoms with Crippen LogP contribution in [-0.2, 0) is 16.0 Å². The zero-order valence-electron chi connectivity index (χ0n) is 11.6. The third-order valence-corrected chi connectivity index (χ3v) is 4.42. The molecule has 1 aliphatic heterocycles. The molecule has 108 valence electrons. The van der Waals surface area contributed by atoms with Crippen LogP contribution in [0.15, 0.2) is 22.7 Å². The molecule has 1 amide bonds. The maximum atomic E-state index is 12.3. The number of halogens is 1. The van der Waals surface area contributed by atoms with Crippen LogP contribution < -0.4 is 0 Å². The Bertz CT molecular complexity index is 544. The van der Waals surface area contributed by atoms with Crippen LogP contribution in [0.25, 0.3) is 0 Å². The maximum Gasteiger partial charge on any atom is 0.308 e. The van der Waals surface area contributed by atoms with Crippen molar-refractivity contribution in [2.45, 2.75) is 20.3 Å². The number of carboxylic acids is 1. The van der Waals surface area contributed by atoms with Gasteiger partial charge in [-0.25, -0.2) is 0 Å². The molecule has 0 spiro atoms. The van der Waals surface area contributed by atoms with Crippen molar-refractivity contribution in [1.29, 1.82) is 0 Å². The van der Waals surface area contributed by atoms with Crippen molar-refractivity contribution in [3.05, 3.63) is 33.8 Å². The minimum Gasteiger partial charge on any atom is -0.481 e. The first-order valence-corrected chi connectivity index (χ1v) is 7.43. The van der Waals surface area contributed by atoms with Gasteiger partial charge in [-0.15, -0.1) is 0 Å². The molecule has 1 saturated heterocycles. The fraction of sp³-hybridized carbons (Fsp3) is 0.467. The summed E-state index contributed by atoms with van der Waals surface area (Å²) in [5.41, 5.74) is 2.05. The van der Waals surface area contributed by atoms with Gasteiger partial charge in [-0.1, -0.05) is 28.9 Å². The number of nitrogens with zero attached hydrogens (tertiary/aromatic N) is 1. The van der Waals surface area contributed by atoms with Gasteiger partial charge in [0.2, 0.25) is 5.91 Å². The normalized spacial score (nSPS) is 22.1. The molecule has 1 aromatic carbocycles. The van der Waals surface area contributed by atoms with Gasteiger partial charge >= 0.3 is 5.97 Å². The van der Waals surface area contributed by atoms with E-state index in [4.69, 9.17) is 5.11 Å². The Balaban J connectivity index is 2.04. The zero-order valence-corrected chi connectivity index (χ0v) is 13.2. The number of carboxylic acid groups (broad SMARTS) is 1. The largest absolute Gasteiger partial charge is 0.481 e. The minimum absolute atomic E-state index is 0.00558. The van der Waals surface area contributed by atoms with Crippen molar-refractivity contribution < 1.29 is 14.7 Å². The van der Waals surface area contributed by atoms with E-state index >= 15 is 0 Å².